The van der Waals surface area contributed by atoms with Crippen LogP contribution in [0.3, 0.4) is 0 Å². The number of hydrogen-bond donors (Lipinski definition) is 2. The van der Waals surface area contributed by atoms with Crippen molar-refractivity contribution in [3.8, 4) is 0 Å². The predicted octanol–water partition coefficient (Wildman–Crippen LogP) is 3.36. The van der Waals surface area contributed by atoms with Crippen LogP contribution in [-0.2, 0) is 0 Å². The Morgan fingerprint density at radius 3 is 2.38 bits per heavy atom. The van der Waals surface area contributed by atoms with Crippen molar-refractivity contribution in [3.63, 3.8) is 0 Å². The first-order valence-electron chi connectivity index (χ1n) is 7.25. The number of rotatable bonds is 7. The highest BCUT2D eigenvalue weighted by Crippen LogP contribution is 2.27. The summed E-state index contributed by atoms with van der Waals surface area (Å²) in [6.45, 7) is 11.4. The van der Waals surface area contributed by atoms with E-state index in [1.807, 2.05) is 6.92 Å². The minimum absolute atomic E-state index is 0.0500. The molecule has 0 radical (unpaired) electrons. The zero-order valence-electron chi connectivity index (χ0n) is 13.5. The second-order valence-corrected chi connectivity index (χ2v) is 6.25. The standard InChI is InChI=1S/C14H25N5O2/c1-6-8-16-13-17-10(2)11(19(20)21)12(18-13)15-9-7-14(3,4)5/h6-9H2,1-5H3,(H2,15,16,17,18). The molecule has 0 saturated heterocycles. The maximum atomic E-state index is 11.2. The Balaban J connectivity index is 2.96. The Bertz CT molecular complexity index is 497. The molecule has 0 aromatic carbocycles. The molecule has 0 fully saturated rings. The number of aryl methyl sites for hydroxylation is 1. The molecule has 0 amide bonds. The Morgan fingerprint density at radius 2 is 1.86 bits per heavy atom. The van der Waals surface area contributed by atoms with Crippen LogP contribution in [0.4, 0.5) is 17.5 Å². The van der Waals surface area contributed by atoms with E-state index in [2.05, 4.69) is 41.4 Å². The molecule has 2 N–H and O–H groups in total. The highest BCUT2D eigenvalue weighted by atomic mass is 16.6. The summed E-state index contributed by atoms with van der Waals surface area (Å²) in [6, 6.07) is 0. The van der Waals surface area contributed by atoms with Crippen LogP contribution in [0.2, 0.25) is 0 Å². The first-order valence-corrected chi connectivity index (χ1v) is 7.25. The summed E-state index contributed by atoms with van der Waals surface area (Å²) in [5.74, 6) is 0.716. The van der Waals surface area contributed by atoms with E-state index >= 15 is 0 Å². The number of nitrogens with zero attached hydrogens (tertiary/aromatic N) is 3. The zero-order valence-corrected chi connectivity index (χ0v) is 13.5. The summed E-state index contributed by atoms with van der Waals surface area (Å²) < 4.78 is 0. The van der Waals surface area contributed by atoms with E-state index in [9.17, 15) is 10.1 Å². The van der Waals surface area contributed by atoms with Gasteiger partial charge in [-0.1, -0.05) is 27.7 Å². The SMILES string of the molecule is CCCNc1nc(C)c([N+](=O)[O-])c(NCCC(C)(C)C)n1. The van der Waals surface area contributed by atoms with Crippen molar-refractivity contribution in [1.29, 1.82) is 0 Å². The molecular weight excluding hydrogens is 270 g/mol. The largest absolute Gasteiger partial charge is 0.364 e. The van der Waals surface area contributed by atoms with Gasteiger partial charge >= 0.3 is 5.69 Å². The van der Waals surface area contributed by atoms with Crippen molar-refractivity contribution in [1.82, 2.24) is 9.97 Å². The molecule has 1 heterocycles. The molecule has 0 spiro atoms. The van der Waals surface area contributed by atoms with Crippen LogP contribution in [0.15, 0.2) is 0 Å². The highest BCUT2D eigenvalue weighted by Gasteiger charge is 2.22. The van der Waals surface area contributed by atoms with Gasteiger partial charge < -0.3 is 10.6 Å². The van der Waals surface area contributed by atoms with Crippen LogP contribution in [0.25, 0.3) is 0 Å². The molecule has 0 saturated carbocycles. The summed E-state index contributed by atoms with van der Waals surface area (Å²) in [7, 11) is 0. The Labute approximate surface area is 125 Å². The van der Waals surface area contributed by atoms with E-state index in [1.54, 1.807) is 6.92 Å². The fourth-order valence-corrected chi connectivity index (χ4v) is 1.78. The number of aromatic nitrogens is 2. The first kappa shape index (κ1) is 17.1. The molecule has 7 heteroatoms. The molecule has 0 unspecified atom stereocenters. The fourth-order valence-electron chi connectivity index (χ4n) is 1.78. The minimum atomic E-state index is -0.432. The molecule has 0 aliphatic carbocycles. The van der Waals surface area contributed by atoms with Crippen LogP contribution in [0, 0.1) is 22.5 Å². The van der Waals surface area contributed by atoms with Gasteiger partial charge in [-0.2, -0.15) is 4.98 Å². The fraction of sp³-hybridized carbons (Fsp3) is 0.714. The molecule has 7 nitrogen and oxygen atoms in total. The van der Waals surface area contributed by atoms with Crippen LogP contribution >= 0.6 is 0 Å². The lowest BCUT2D eigenvalue weighted by molar-refractivity contribution is -0.385. The van der Waals surface area contributed by atoms with E-state index in [0.29, 0.717) is 18.2 Å². The summed E-state index contributed by atoms with van der Waals surface area (Å²) in [5, 5.41) is 17.3. The monoisotopic (exact) mass is 295 g/mol. The lowest BCUT2D eigenvalue weighted by Gasteiger charge is -2.18. The summed E-state index contributed by atoms with van der Waals surface area (Å²) in [6.07, 6.45) is 1.83. The van der Waals surface area contributed by atoms with Crippen molar-refractivity contribution >= 4 is 17.5 Å². The molecule has 1 aromatic rings. The van der Waals surface area contributed by atoms with Crippen LogP contribution in [0.5, 0.6) is 0 Å². The van der Waals surface area contributed by atoms with Gasteiger partial charge in [0, 0.05) is 13.1 Å². The van der Waals surface area contributed by atoms with Crippen molar-refractivity contribution in [2.75, 3.05) is 23.7 Å². The van der Waals surface area contributed by atoms with Crippen molar-refractivity contribution in [2.24, 2.45) is 5.41 Å². The molecule has 118 valence electrons. The smallest absolute Gasteiger partial charge is 0.332 e. The third kappa shape index (κ3) is 5.53. The number of nitrogens with one attached hydrogen (secondary N) is 2. The average Bonchev–Trinajstić information content (AvgIpc) is 2.33. The van der Waals surface area contributed by atoms with Gasteiger partial charge in [0.2, 0.25) is 11.8 Å². The van der Waals surface area contributed by atoms with E-state index in [4.69, 9.17) is 0 Å². The topological polar surface area (TPSA) is 93.0 Å². The second-order valence-electron chi connectivity index (χ2n) is 6.25. The molecule has 0 aliphatic rings. The van der Waals surface area contributed by atoms with Crippen molar-refractivity contribution in [3.05, 3.63) is 15.8 Å². The number of hydrogen-bond acceptors (Lipinski definition) is 6. The van der Waals surface area contributed by atoms with E-state index in [1.165, 1.54) is 0 Å². The number of nitro groups is 1. The third-order valence-corrected chi connectivity index (χ3v) is 2.94. The highest BCUT2D eigenvalue weighted by molar-refractivity contribution is 5.60. The molecular formula is C14H25N5O2. The Hall–Kier alpha value is -1.92. The van der Waals surface area contributed by atoms with Gasteiger partial charge in [-0.25, -0.2) is 4.98 Å². The van der Waals surface area contributed by atoms with Crippen molar-refractivity contribution in [2.45, 2.75) is 47.5 Å². The summed E-state index contributed by atoms with van der Waals surface area (Å²) in [4.78, 5) is 19.1. The summed E-state index contributed by atoms with van der Waals surface area (Å²) >= 11 is 0. The van der Waals surface area contributed by atoms with Crippen LogP contribution < -0.4 is 10.6 Å². The molecule has 1 rings (SSSR count). The van der Waals surface area contributed by atoms with Gasteiger partial charge in [0.15, 0.2) is 0 Å². The molecule has 0 bridgehead atoms. The maximum Gasteiger partial charge on any atom is 0.332 e. The van der Waals surface area contributed by atoms with Gasteiger partial charge in [0.25, 0.3) is 0 Å². The Morgan fingerprint density at radius 1 is 1.19 bits per heavy atom. The van der Waals surface area contributed by atoms with E-state index < -0.39 is 4.92 Å². The van der Waals surface area contributed by atoms with Crippen LogP contribution in [-0.4, -0.2) is 28.0 Å². The van der Waals surface area contributed by atoms with Crippen LogP contribution in [0.1, 0.15) is 46.2 Å². The first-order chi connectivity index (χ1) is 9.74. The van der Waals surface area contributed by atoms with Gasteiger partial charge in [0.05, 0.1) is 4.92 Å². The van der Waals surface area contributed by atoms with Gasteiger partial charge in [0.1, 0.15) is 5.69 Å². The third-order valence-electron chi connectivity index (χ3n) is 2.94. The van der Waals surface area contributed by atoms with Gasteiger partial charge in [-0.05, 0) is 25.2 Å². The predicted molar refractivity (Wildman–Crippen MR) is 84.8 cm³/mol. The van der Waals surface area contributed by atoms with E-state index in [0.717, 1.165) is 19.4 Å². The molecule has 21 heavy (non-hydrogen) atoms. The Kier molecular flexibility index (Phi) is 5.87. The number of anilines is 2. The molecule has 0 atom stereocenters. The van der Waals surface area contributed by atoms with Crippen molar-refractivity contribution < 1.29 is 4.92 Å². The molecule has 1 aromatic heterocycles. The second kappa shape index (κ2) is 7.19. The van der Waals surface area contributed by atoms with Gasteiger partial charge in [-0.15, -0.1) is 0 Å². The quantitative estimate of drug-likeness (QED) is 0.592. The maximum absolute atomic E-state index is 11.2. The van der Waals surface area contributed by atoms with Gasteiger partial charge in [-0.3, -0.25) is 10.1 Å². The molecule has 0 aliphatic heterocycles. The zero-order chi connectivity index (χ0) is 16.0. The lowest BCUT2D eigenvalue weighted by Crippen LogP contribution is -2.16. The van der Waals surface area contributed by atoms with E-state index in [-0.39, 0.29) is 16.9 Å². The summed E-state index contributed by atoms with van der Waals surface area (Å²) in [5.41, 5.74) is 0.477. The lowest BCUT2D eigenvalue weighted by atomic mass is 9.92. The minimum Gasteiger partial charge on any atom is -0.364 e. The average molecular weight is 295 g/mol. The normalized spacial score (nSPS) is 11.3.